The van der Waals surface area contributed by atoms with Crippen molar-refractivity contribution in [3.05, 3.63) is 23.9 Å². The van der Waals surface area contributed by atoms with E-state index in [1.54, 1.807) is 0 Å². The van der Waals surface area contributed by atoms with Crippen LogP contribution in [0.5, 0.6) is 5.88 Å². The molecule has 0 aromatic carbocycles. The summed E-state index contributed by atoms with van der Waals surface area (Å²) in [5.41, 5.74) is -0.108. The third-order valence-corrected chi connectivity index (χ3v) is 1.45. The van der Waals surface area contributed by atoms with Crippen molar-refractivity contribution in [3.8, 4) is 5.88 Å². The van der Waals surface area contributed by atoms with Gasteiger partial charge in [0.05, 0.1) is 7.11 Å². The van der Waals surface area contributed by atoms with Crippen molar-refractivity contribution in [1.82, 2.24) is 4.98 Å². The highest BCUT2D eigenvalue weighted by Gasteiger charge is 2.24. The predicted molar refractivity (Wildman–Crippen MR) is 40.4 cm³/mol. The lowest BCUT2D eigenvalue weighted by Gasteiger charge is -2.09. The number of methoxy groups -OCH3 is 1. The first-order valence-corrected chi connectivity index (χ1v) is 3.42. The normalized spacial score (nSPS) is 11.3. The van der Waals surface area contributed by atoms with Crippen LogP contribution < -0.4 is 4.74 Å². The number of hydrogen-bond acceptors (Lipinski definition) is 2. The van der Waals surface area contributed by atoms with Gasteiger partial charge in [-0.2, -0.15) is 0 Å². The average molecular weight is 173 g/mol. The van der Waals surface area contributed by atoms with Gasteiger partial charge < -0.3 is 4.74 Å². The van der Waals surface area contributed by atoms with Crippen LogP contribution in [0, 0.1) is 0 Å². The Hall–Kier alpha value is -1.19. The van der Waals surface area contributed by atoms with Gasteiger partial charge in [0, 0.05) is 24.8 Å². The third-order valence-electron chi connectivity index (χ3n) is 1.45. The first-order valence-electron chi connectivity index (χ1n) is 3.42. The van der Waals surface area contributed by atoms with Gasteiger partial charge in [0.25, 0.3) is 5.92 Å². The molecule has 66 valence electrons. The molecule has 0 fully saturated rings. The molecule has 0 amide bonds. The number of alkyl halides is 2. The van der Waals surface area contributed by atoms with Crippen molar-refractivity contribution >= 4 is 0 Å². The van der Waals surface area contributed by atoms with Crippen LogP contribution in [0.1, 0.15) is 12.5 Å². The summed E-state index contributed by atoms with van der Waals surface area (Å²) in [4.78, 5) is 3.66. The number of rotatable bonds is 2. The Bertz CT molecular complexity index is 253. The van der Waals surface area contributed by atoms with Crippen molar-refractivity contribution in [2.45, 2.75) is 12.8 Å². The molecule has 1 heterocycles. The molecule has 0 radical (unpaired) electrons. The maximum atomic E-state index is 12.6. The summed E-state index contributed by atoms with van der Waals surface area (Å²) < 4.78 is 29.9. The smallest absolute Gasteiger partial charge is 0.272 e. The lowest BCUT2D eigenvalue weighted by molar-refractivity contribution is 0.0170. The predicted octanol–water partition coefficient (Wildman–Crippen LogP) is 2.20. The van der Waals surface area contributed by atoms with E-state index >= 15 is 0 Å². The van der Waals surface area contributed by atoms with Crippen LogP contribution in [-0.4, -0.2) is 12.1 Å². The van der Waals surface area contributed by atoms with Gasteiger partial charge in [-0.05, 0) is 6.07 Å². The molecule has 1 aromatic heterocycles. The summed E-state index contributed by atoms with van der Waals surface area (Å²) in [6.07, 6.45) is 1.11. The Morgan fingerprint density at radius 2 is 2.08 bits per heavy atom. The van der Waals surface area contributed by atoms with E-state index in [0.29, 0.717) is 5.88 Å². The number of ether oxygens (including phenoxy) is 1. The zero-order valence-electron chi connectivity index (χ0n) is 6.84. The highest BCUT2D eigenvalue weighted by molar-refractivity contribution is 5.20. The lowest BCUT2D eigenvalue weighted by Crippen LogP contribution is -2.07. The van der Waals surface area contributed by atoms with Crippen LogP contribution >= 0.6 is 0 Å². The Kier molecular flexibility index (Phi) is 2.26. The summed E-state index contributed by atoms with van der Waals surface area (Å²) in [5.74, 6) is -2.50. The molecule has 2 nitrogen and oxygen atoms in total. The molecular formula is C8H9F2NO. The van der Waals surface area contributed by atoms with Crippen molar-refractivity contribution in [2.24, 2.45) is 0 Å². The van der Waals surface area contributed by atoms with Crippen LogP contribution in [-0.2, 0) is 5.92 Å². The fourth-order valence-corrected chi connectivity index (χ4v) is 0.761. The van der Waals surface area contributed by atoms with Gasteiger partial charge in [0.2, 0.25) is 5.88 Å². The van der Waals surface area contributed by atoms with E-state index in [4.69, 9.17) is 4.74 Å². The van der Waals surface area contributed by atoms with Crippen LogP contribution in [0.25, 0.3) is 0 Å². The molecule has 0 unspecified atom stereocenters. The van der Waals surface area contributed by atoms with E-state index < -0.39 is 5.92 Å². The molecule has 0 bridgehead atoms. The lowest BCUT2D eigenvalue weighted by atomic mass is 10.2. The minimum atomic E-state index is -2.83. The Morgan fingerprint density at radius 1 is 1.42 bits per heavy atom. The van der Waals surface area contributed by atoms with E-state index in [-0.39, 0.29) is 5.56 Å². The summed E-state index contributed by atoms with van der Waals surface area (Å²) in [6, 6.07) is 2.71. The second-order valence-corrected chi connectivity index (χ2v) is 2.48. The highest BCUT2D eigenvalue weighted by Crippen LogP contribution is 2.26. The van der Waals surface area contributed by atoms with E-state index in [0.717, 1.165) is 13.1 Å². The number of hydrogen-bond donors (Lipinski definition) is 0. The molecular weight excluding hydrogens is 164 g/mol. The second kappa shape index (κ2) is 3.05. The molecule has 12 heavy (non-hydrogen) atoms. The van der Waals surface area contributed by atoms with Crippen molar-refractivity contribution in [1.29, 1.82) is 0 Å². The van der Waals surface area contributed by atoms with Gasteiger partial charge in [-0.25, -0.2) is 13.8 Å². The quantitative estimate of drug-likeness (QED) is 0.684. The van der Waals surface area contributed by atoms with Gasteiger partial charge >= 0.3 is 0 Å². The van der Waals surface area contributed by atoms with Crippen LogP contribution in [0.3, 0.4) is 0 Å². The Morgan fingerprint density at radius 3 is 2.42 bits per heavy atom. The maximum absolute atomic E-state index is 12.6. The minimum absolute atomic E-state index is 0.108. The maximum Gasteiger partial charge on any atom is 0.272 e. The Balaban J connectivity index is 2.93. The average Bonchev–Trinajstić information content (AvgIpc) is 2.03. The Labute approximate surface area is 69.2 Å². The monoisotopic (exact) mass is 173 g/mol. The third kappa shape index (κ3) is 1.90. The number of aromatic nitrogens is 1. The zero-order valence-corrected chi connectivity index (χ0v) is 6.84. The molecule has 4 heteroatoms. The molecule has 0 atom stereocenters. The molecule has 0 saturated heterocycles. The summed E-state index contributed by atoms with van der Waals surface area (Å²) in [6.45, 7) is 0.830. The van der Waals surface area contributed by atoms with Gasteiger partial charge in [0.15, 0.2) is 0 Å². The van der Waals surface area contributed by atoms with Crippen LogP contribution in [0.2, 0.25) is 0 Å². The topological polar surface area (TPSA) is 22.1 Å². The van der Waals surface area contributed by atoms with E-state index in [2.05, 4.69) is 4.98 Å². The molecule has 1 rings (SSSR count). The van der Waals surface area contributed by atoms with Gasteiger partial charge in [-0.1, -0.05) is 0 Å². The van der Waals surface area contributed by atoms with Crippen LogP contribution in [0.15, 0.2) is 18.3 Å². The van der Waals surface area contributed by atoms with Gasteiger partial charge in [-0.3, -0.25) is 0 Å². The van der Waals surface area contributed by atoms with Crippen molar-refractivity contribution in [2.75, 3.05) is 7.11 Å². The molecule has 0 aliphatic heterocycles. The molecule has 0 N–H and O–H groups in total. The fourth-order valence-electron chi connectivity index (χ4n) is 0.761. The molecule has 0 aliphatic rings. The largest absolute Gasteiger partial charge is 0.481 e. The van der Waals surface area contributed by atoms with E-state index in [1.165, 1.54) is 19.2 Å². The van der Waals surface area contributed by atoms with Crippen LogP contribution in [0.4, 0.5) is 8.78 Å². The first kappa shape index (κ1) is 8.90. The van der Waals surface area contributed by atoms with Crippen molar-refractivity contribution in [3.63, 3.8) is 0 Å². The summed E-state index contributed by atoms with van der Waals surface area (Å²) in [7, 11) is 1.44. The molecule has 0 spiro atoms. The van der Waals surface area contributed by atoms with Gasteiger partial charge in [0.1, 0.15) is 0 Å². The standard InChI is InChI=1S/C8H9F2NO/c1-8(9,10)6-3-4-7(12-2)11-5-6/h3-5H,1-2H3. The first-order chi connectivity index (χ1) is 5.54. The van der Waals surface area contributed by atoms with E-state index in [9.17, 15) is 8.78 Å². The number of halogens is 2. The minimum Gasteiger partial charge on any atom is -0.481 e. The van der Waals surface area contributed by atoms with E-state index in [1.807, 2.05) is 0 Å². The molecule has 0 aliphatic carbocycles. The highest BCUT2D eigenvalue weighted by atomic mass is 19.3. The molecule has 0 saturated carbocycles. The fraction of sp³-hybridized carbons (Fsp3) is 0.375. The number of nitrogens with zero attached hydrogens (tertiary/aromatic N) is 1. The SMILES string of the molecule is COc1ccc(C(C)(F)F)cn1. The van der Waals surface area contributed by atoms with Crippen molar-refractivity contribution < 1.29 is 13.5 Å². The molecule has 1 aromatic rings. The number of pyridine rings is 1. The zero-order chi connectivity index (χ0) is 9.19. The summed E-state index contributed by atoms with van der Waals surface area (Å²) in [5, 5.41) is 0. The van der Waals surface area contributed by atoms with Gasteiger partial charge in [-0.15, -0.1) is 0 Å². The summed E-state index contributed by atoms with van der Waals surface area (Å²) >= 11 is 0. The second-order valence-electron chi connectivity index (χ2n) is 2.48.